The minimum Gasteiger partial charge on any atom is -0.385 e. The van der Waals surface area contributed by atoms with E-state index in [0.717, 1.165) is 13.0 Å². The van der Waals surface area contributed by atoms with Gasteiger partial charge >= 0.3 is 0 Å². The molecule has 4 nitrogen and oxygen atoms in total. The van der Waals surface area contributed by atoms with Crippen LogP contribution in [0.4, 0.5) is 0 Å². The van der Waals surface area contributed by atoms with Crippen molar-refractivity contribution in [1.29, 1.82) is 0 Å². The lowest BCUT2D eigenvalue weighted by Gasteiger charge is -2.38. The zero-order chi connectivity index (χ0) is 12.8. The van der Waals surface area contributed by atoms with Gasteiger partial charge in [-0.2, -0.15) is 0 Å². The Balaban J connectivity index is 4.54. The topological polar surface area (TPSA) is 56.5 Å². The maximum Gasteiger partial charge on any atom is 0.0788 e. The number of nitrogens with one attached hydrogen (secondary N) is 1. The Labute approximate surface area is 99.8 Å². The summed E-state index contributed by atoms with van der Waals surface area (Å²) in [6.45, 7) is 9.40. The molecule has 3 N–H and O–H groups in total. The third-order valence-electron chi connectivity index (χ3n) is 3.02. The molecular formula is C12H28N2O2. The summed E-state index contributed by atoms with van der Waals surface area (Å²) in [6.07, 6.45) is 1.06. The molecule has 0 amide bonds. The number of nitrogens with two attached hydrogens (primary N) is 1. The van der Waals surface area contributed by atoms with Crippen LogP contribution in [0.1, 0.15) is 34.1 Å². The fourth-order valence-corrected chi connectivity index (χ4v) is 2.07. The molecule has 0 spiro atoms. The third kappa shape index (κ3) is 4.78. The van der Waals surface area contributed by atoms with Crippen molar-refractivity contribution in [2.24, 2.45) is 17.2 Å². The predicted octanol–water partition coefficient (Wildman–Crippen LogP) is 1.55. The van der Waals surface area contributed by atoms with Gasteiger partial charge in [-0.05, 0) is 17.8 Å². The summed E-state index contributed by atoms with van der Waals surface area (Å²) in [7, 11) is 3.46. The minimum atomic E-state index is 0.0626. The molecule has 0 heterocycles. The lowest BCUT2D eigenvalue weighted by molar-refractivity contribution is -0.0276. The van der Waals surface area contributed by atoms with E-state index in [9.17, 15) is 0 Å². The van der Waals surface area contributed by atoms with Crippen molar-refractivity contribution in [1.82, 2.24) is 5.43 Å². The zero-order valence-corrected chi connectivity index (χ0v) is 11.5. The van der Waals surface area contributed by atoms with E-state index in [1.165, 1.54) is 0 Å². The molecule has 0 fully saturated rings. The average Bonchev–Trinajstić information content (AvgIpc) is 2.20. The summed E-state index contributed by atoms with van der Waals surface area (Å²) < 4.78 is 10.7. The van der Waals surface area contributed by atoms with Crippen LogP contribution in [0.25, 0.3) is 0 Å². The first-order valence-corrected chi connectivity index (χ1v) is 5.86. The molecule has 0 saturated heterocycles. The Kier molecular flexibility index (Phi) is 7.15. The number of ether oxygens (including phenoxy) is 2. The molecule has 16 heavy (non-hydrogen) atoms. The monoisotopic (exact) mass is 232 g/mol. The second-order valence-electron chi connectivity index (χ2n) is 5.47. The van der Waals surface area contributed by atoms with Gasteiger partial charge in [0.15, 0.2) is 0 Å². The smallest absolute Gasteiger partial charge is 0.0788 e. The number of methoxy groups -OCH3 is 2. The molecule has 0 rings (SSSR count). The largest absolute Gasteiger partial charge is 0.385 e. The number of hydrogen-bond acceptors (Lipinski definition) is 4. The van der Waals surface area contributed by atoms with Crippen LogP contribution in [0.5, 0.6) is 0 Å². The molecule has 0 aromatic rings. The van der Waals surface area contributed by atoms with Gasteiger partial charge in [0.1, 0.15) is 0 Å². The Morgan fingerprint density at radius 1 is 1.25 bits per heavy atom. The number of rotatable bonds is 7. The lowest BCUT2D eigenvalue weighted by Crippen LogP contribution is -2.53. The van der Waals surface area contributed by atoms with Crippen LogP contribution in [0.2, 0.25) is 0 Å². The predicted molar refractivity (Wildman–Crippen MR) is 67.0 cm³/mol. The van der Waals surface area contributed by atoms with Gasteiger partial charge in [0.25, 0.3) is 0 Å². The highest BCUT2D eigenvalue weighted by molar-refractivity contribution is 4.88. The zero-order valence-electron chi connectivity index (χ0n) is 11.5. The number of hydrazine groups is 1. The highest BCUT2D eigenvalue weighted by Gasteiger charge is 2.34. The van der Waals surface area contributed by atoms with Gasteiger partial charge in [0.05, 0.1) is 12.1 Å². The highest BCUT2D eigenvalue weighted by atomic mass is 16.5. The van der Waals surface area contributed by atoms with Gasteiger partial charge in [-0.1, -0.05) is 27.7 Å². The Morgan fingerprint density at radius 2 is 1.81 bits per heavy atom. The first-order chi connectivity index (χ1) is 7.38. The molecule has 0 saturated carbocycles. The van der Waals surface area contributed by atoms with E-state index in [2.05, 4.69) is 33.1 Å². The molecule has 0 bridgehead atoms. The van der Waals surface area contributed by atoms with Crippen molar-refractivity contribution in [2.45, 2.75) is 46.3 Å². The van der Waals surface area contributed by atoms with Crippen molar-refractivity contribution < 1.29 is 9.47 Å². The fraction of sp³-hybridized carbons (Fsp3) is 1.00. The van der Waals surface area contributed by atoms with Crippen LogP contribution in [0.3, 0.4) is 0 Å². The van der Waals surface area contributed by atoms with Gasteiger partial charge in [-0.25, -0.2) is 0 Å². The molecule has 0 aliphatic rings. The summed E-state index contributed by atoms with van der Waals surface area (Å²) in [5.41, 5.74) is 2.95. The van der Waals surface area contributed by atoms with Crippen molar-refractivity contribution in [3.8, 4) is 0 Å². The van der Waals surface area contributed by atoms with Crippen molar-refractivity contribution in [3.63, 3.8) is 0 Å². The summed E-state index contributed by atoms with van der Waals surface area (Å²) in [4.78, 5) is 0. The number of hydrogen-bond donors (Lipinski definition) is 2. The Morgan fingerprint density at radius 3 is 2.12 bits per heavy atom. The van der Waals surface area contributed by atoms with E-state index < -0.39 is 0 Å². The van der Waals surface area contributed by atoms with Crippen LogP contribution in [-0.2, 0) is 9.47 Å². The highest BCUT2D eigenvalue weighted by Crippen LogP contribution is 2.28. The van der Waals surface area contributed by atoms with Gasteiger partial charge in [-0.3, -0.25) is 11.3 Å². The molecular weight excluding hydrogens is 204 g/mol. The van der Waals surface area contributed by atoms with E-state index >= 15 is 0 Å². The van der Waals surface area contributed by atoms with Crippen LogP contribution in [-0.4, -0.2) is 33.0 Å². The summed E-state index contributed by atoms with van der Waals surface area (Å²) >= 11 is 0. The van der Waals surface area contributed by atoms with E-state index in [0.29, 0.717) is 5.92 Å². The van der Waals surface area contributed by atoms with E-state index in [1.807, 2.05) is 0 Å². The van der Waals surface area contributed by atoms with E-state index in [4.69, 9.17) is 15.3 Å². The van der Waals surface area contributed by atoms with Crippen molar-refractivity contribution in [3.05, 3.63) is 0 Å². The molecule has 3 atom stereocenters. The van der Waals surface area contributed by atoms with Crippen LogP contribution in [0.15, 0.2) is 0 Å². The Bertz CT molecular complexity index is 180. The second kappa shape index (κ2) is 7.22. The fourth-order valence-electron chi connectivity index (χ4n) is 2.07. The molecule has 98 valence electrons. The van der Waals surface area contributed by atoms with E-state index in [1.54, 1.807) is 14.2 Å². The van der Waals surface area contributed by atoms with Gasteiger partial charge in [-0.15, -0.1) is 0 Å². The normalized spacial score (nSPS) is 18.2. The first kappa shape index (κ1) is 15.8. The molecule has 4 heteroatoms. The maximum atomic E-state index is 5.65. The van der Waals surface area contributed by atoms with Crippen LogP contribution in [0, 0.1) is 11.3 Å². The molecule has 0 aliphatic carbocycles. The van der Waals surface area contributed by atoms with Crippen LogP contribution >= 0.6 is 0 Å². The molecule has 0 radical (unpaired) electrons. The third-order valence-corrected chi connectivity index (χ3v) is 3.02. The SMILES string of the molecule is COCCC(C)C(NN)C(OC)C(C)(C)C. The van der Waals surface area contributed by atoms with E-state index in [-0.39, 0.29) is 17.6 Å². The van der Waals surface area contributed by atoms with Gasteiger partial charge < -0.3 is 9.47 Å². The summed E-state index contributed by atoms with van der Waals surface area (Å²) in [6, 6.07) is 0.139. The van der Waals surface area contributed by atoms with Gasteiger partial charge in [0, 0.05) is 20.8 Å². The minimum absolute atomic E-state index is 0.0626. The molecule has 0 aromatic carbocycles. The van der Waals surface area contributed by atoms with Crippen molar-refractivity contribution >= 4 is 0 Å². The van der Waals surface area contributed by atoms with Crippen LogP contribution < -0.4 is 11.3 Å². The quantitative estimate of drug-likeness (QED) is 0.516. The first-order valence-electron chi connectivity index (χ1n) is 5.86. The average molecular weight is 232 g/mol. The summed E-state index contributed by atoms with van der Waals surface area (Å²) in [5, 5.41) is 0. The summed E-state index contributed by atoms with van der Waals surface area (Å²) in [5.74, 6) is 6.06. The Hall–Kier alpha value is -0.160. The van der Waals surface area contributed by atoms with Gasteiger partial charge in [0.2, 0.25) is 0 Å². The van der Waals surface area contributed by atoms with Crippen molar-refractivity contribution in [2.75, 3.05) is 20.8 Å². The second-order valence-corrected chi connectivity index (χ2v) is 5.47. The molecule has 3 unspecified atom stereocenters. The standard InChI is InChI=1S/C12H28N2O2/c1-9(7-8-15-5)10(14-13)11(16-6)12(2,3)4/h9-11,14H,7-8,13H2,1-6H3. The molecule has 0 aromatic heterocycles. The lowest BCUT2D eigenvalue weighted by atomic mass is 9.79. The maximum absolute atomic E-state index is 5.65. The molecule has 0 aliphatic heterocycles.